The Bertz CT molecular complexity index is 706. The number of hydrogen-bond donors (Lipinski definition) is 1. The number of carbonyl (C=O) groups is 2. The van der Waals surface area contributed by atoms with Crippen molar-refractivity contribution in [3.05, 3.63) is 21.6 Å². The summed E-state index contributed by atoms with van der Waals surface area (Å²) in [6.45, 7) is 9.01. The number of nitrogens with zero attached hydrogens (tertiary/aromatic N) is 3. The third kappa shape index (κ3) is 3.50. The summed E-state index contributed by atoms with van der Waals surface area (Å²) in [6, 6.07) is -0.0134. The number of nitrogens with one attached hydrogen (secondary N) is 1. The first-order chi connectivity index (χ1) is 10.3. The van der Waals surface area contributed by atoms with Crippen LogP contribution in [0.5, 0.6) is 0 Å². The van der Waals surface area contributed by atoms with Gasteiger partial charge in [-0.25, -0.2) is 9.97 Å². The highest BCUT2D eigenvalue weighted by Crippen LogP contribution is 2.29. The number of thiazole rings is 2. The lowest BCUT2D eigenvalue weighted by atomic mass is 10.3. The monoisotopic (exact) mass is 338 g/mol. The zero-order valence-electron chi connectivity index (χ0n) is 13.1. The van der Waals surface area contributed by atoms with Crippen LogP contribution in [0.2, 0.25) is 0 Å². The normalized spacial score (nSPS) is 10.8. The van der Waals surface area contributed by atoms with E-state index in [-0.39, 0.29) is 17.9 Å². The van der Waals surface area contributed by atoms with Gasteiger partial charge in [0.1, 0.15) is 4.88 Å². The number of hydrogen-bond acceptors (Lipinski definition) is 6. The number of aryl methyl sites for hydroxylation is 2. The molecule has 8 heteroatoms. The molecule has 1 N–H and O–H groups in total. The minimum Gasteiger partial charge on any atom is -0.297 e. The fourth-order valence-electron chi connectivity index (χ4n) is 1.98. The van der Waals surface area contributed by atoms with E-state index in [2.05, 4.69) is 15.3 Å². The smallest absolute Gasteiger partial charge is 0.269 e. The maximum absolute atomic E-state index is 12.3. The molecule has 22 heavy (non-hydrogen) atoms. The molecule has 0 atom stereocenters. The fraction of sp³-hybridized carbons (Fsp3) is 0.429. The second kappa shape index (κ2) is 6.53. The summed E-state index contributed by atoms with van der Waals surface area (Å²) < 4.78 is 0. The highest BCUT2D eigenvalue weighted by Gasteiger charge is 2.23. The van der Waals surface area contributed by atoms with Crippen molar-refractivity contribution in [1.82, 2.24) is 9.97 Å². The van der Waals surface area contributed by atoms with Crippen molar-refractivity contribution >= 4 is 44.8 Å². The van der Waals surface area contributed by atoms with Crippen LogP contribution in [0.15, 0.2) is 6.20 Å². The first-order valence-electron chi connectivity index (χ1n) is 6.80. The van der Waals surface area contributed by atoms with E-state index >= 15 is 0 Å². The summed E-state index contributed by atoms with van der Waals surface area (Å²) in [4.78, 5) is 35.7. The van der Waals surface area contributed by atoms with E-state index < -0.39 is 0 Å². The first-order valence-corrected chi connectivity index (χ1v) is 8.44. The molecule has 2 amide bonds. The van der Waals surface area contributed by atoms with E-state index in [1.165, 1.54) is 29.6 Å². The van der Waals surface area contributed by atoms with Crippen LogP contribution >= 0.6 is 22.7 Å². The molecule has 0 unspecified atom stereocenters. The van der Waals surface area contributed by atoms with Crippen molar-refractivity contribution in [2.75, 3.05) is 10.2 Å². The topological polar surface area (TPSA) is 75.2 Å². The van der Waals surface area contributed by atoms with Crippen LogP contribution < -0.4 is 10.2 Å². The standard InChI is InChI=1S/C14H18N4O2S2/c1-7(2)18(10(5)19)14-16-9(4)11(22-14)12(20)17-13-15-6-8(3)21-13/h6-7H,1-5H3,(H,15,17,20). The van der Waals surface area contributed by atoms with E-state index in [4.69, 9.17) is 0 Å². The molecule has 2 rings (SSSR count). The second-order valence-corrected chi connectivity index (χ2v) is 7.34. The summed E-state index contributed by atoms with van der Waals surface area (Å²) in [5.74, 6) is -0.339. The maximum atomic E-state index is 12.3. The van der Waals surface area contributed by atoms with Crippen molar-refractivity contribution in [3.63, 3.8) is 0 Å². The number of amides is 2. The zero-order chi connectivity index (χ0) is 16.4. The van der Waals surface area contributed by atoms with Gasteiger partial charge >= 0.3 is 0 Å². The summed E-state index contributed by atoms with van der Waals surface area (Å²) in [6.07, 6.45) is 1.71. The Hall–Kier alpha value is -1.80. The highest BCUT2D eigenvalue weighted by molar-refractivity contribution is 7.18. The van der Waals surface area contributed by atoms with Gasteiger partial charge in [-0.2, -0.15) is 0 Å². The molecule has 0 aliphatic heterocycles. The third-order valence-electron chi connectivity index (χ3n) is 2.90. The molecule has 2 aromatic rings. The first kappa shape index (κ1) is 16.6. The van der Waals surface area contributed by atoms with Gasteiger partial charge in [0.15, 0.2) is 10.3 Å². The van der Waals surface area contributed by atoms with E-state index in [0.29, 0.717) is 20.8 Å². The molecule has 2 heterocycles. The van der Waals surface area contributed by atoms with Gasteiger partial charge in [0.25, 0.3) is 5.91 Å². The molecular weight excluding hydrogens is 320 g/mol. The fourth-order valence-corrected chi connectivity index (χ4v) is 3.78. The molecule has 0 spiro atoms. The minimum absolute atomic E-state index is 0.0134. The lowest BCUT2D eigenvalue weighted by molar-refractivity contribution is -0.116. The number of rotatable bonds is 4. The molecule has 0 aliphatic rings. The Morgan fingerprint density at radius 2 is 1.95 bits per heavy atom. The third-order valence-corrected chi connectivity index (χ3v) is 4.88. The van der Waals surface area contributed by atoms with Crippen LogP contribution in [0.1, 0.15) is 41.0 Å². The largest absolute Gasteiger partial charge is 0.297 e. The minimum atomic E-state index is -0.247. The Kier molecular flexibility index (Phi) is 4.92. The van der Waals surface area contributed by atoms with Gasteiger partial charge in [-0.15, -0.1) is 11.3 Å². The Balaban J connectivity index is 2.25. The van der Waals surface area contributed by atoms with Crippen LogP contribution in [0.3, 0.4) is 0 Å². The number of aromatic nitrogens is 2. The molecule has 0 fully saturated rings. The summed E-state index contributed by atoms with van der Waals surface area (Å²) in [5.41, 5.74) is 0.609. The SMILES string of the molecule is CC(=O)N(c1nc(C)c(C(=O)Nc2ncc(C)s2)s1)C(C)C. The van der Waals surface area contributed by atoms with Crippen molar-refractivity contribution in [3.8, 4) is 0 Å². The average Bonchev–Trinajstić information content (AvgIpc) is 2.95. The Morgan fingerprint density at radius 3 is 2.45 bits per heavy atom. The highest BCUT2D eigenvalue weighted by atomic mass is 32.1. The Morgan fingerprint density at radius 1 is 1.27 bits per heavy atom. The molecule has 0 saturated carbocycles. The van der Waals surface area contributed by atoms with Gasteiger partial charge in [-0.1, -0.05) is 11.3 Å². The van der Waals surface area contributed by atoms with Crippen molar-refractivity contribution in [2.45, 2.75) is 40.7 Å². The van der Waals surface area contributed by atoms with Gasteiger partial charge in [-0.05, 0) is 27.7 Å². The van der Waals surface area contributed by atoms with E-state index in [0.717, 1.165) is 4.88 Å². The molecule has 0 saturated heterocycles. The molecule has 0 aromatic carbocycles. The predicted molar refractivity (Wildman–Crippen MR) is 90.0 cm³/mol. The Labute approximate surface area is 137 Å². The molecule has 6 nitrogen and oxygen atoms in total. The summed E-state index contributed by atoms with van der Waals surface area (Å²) in [7, 11) is 0. The van der Waals surface area contributed by atoms with Crippen LogP contribution in [-0.2, 0) is 4.79 Å². The van der Waals surface area contributed by atoms with Crippen LogP contribution in [0, 0.1) is 13.8 Å². The zero-order valence-corrected chi connectivity index (χ0v) is 14.8. The van der Waals surface area contributed by atoms with Gasteiger partial charge in [0, 0.05) is 24.0 Å². The molecule has 2 aromatic heterocycles. The van der Waals surface area contributed by atoms with E-state index in [1.807, 2.05) is 20.8 Å². The van der Waals surface area contributed by atoms with E-state index in [9.17, 15) is 9.59 Å². The van der Waals surface area contributed by atoms with Gasteiger partial charge in [0.2, 0.25) is 5.91 Å². The van der Waals surface area contributed by atoms with Crippen LogP contribution in [-0.4, -0.2) is 27.8 Å². The molecule has 0 aliphatic carbocycles. The van der Waals surface area contributed by atoms with E-state index in [1.54, 1.807) is 18.0 Å². The van der Waals surface area contributed by atoms with Crippen molar-refractivity contribution in [1.29, 1.82) is 0 Å². The van der Waals surface area contributed by atoms with Crippen molar-refractivity contribution in [2.24, 2.45) is 0 Å². The van der Waals surface area contributed by atoms with Crippen LogP contribution in [0.4, 0.5) is 10.3 Å². The molecule has 0 radical (unpaired) electrons. The maximum Gasteiger partial charge on any atom is 0.269 e. The van der Waals surface area contributed by atoms with Gasteiger partial charge < -0.3 is 0 Å². The number of carbonyl (C=O) groups excluding carboxylic acids is 2. The molecule has 0 bridgehead atoms. The summed E-state index contributed by atoms with van der Waals surface area (Å²) >= 11 is 2.63. The van der Waals surface area contributed by atoms with Gasteiger partial charge in [-0.3, -0.25) is 19.8 Å². The molecular formula is C14H18N4O2S2. The molecule has 118 valence electrons. The second-order valence-electron chi connectivity index (χ2n) is 5.12. The number of anilines is 2. The van der Waals surface area contributed by atoms with Crippen molar-refractivity contribution < 1.29 is 9.59 Å². The van der Waals surface area contributed by atoms with Crippen LogP contribution in [0.25, 0.3) is 0 Å². The quantitative estimate of drug-likeness (QED) is 0.928. The lowest BCUT2D eigenvalue weighted by Gasteiger charge is -2.21. The predicted octanol–water partition coefficient (Wildman–Crippen LogP) is 3.23. The lowest BCUT2D eigenvalue weighted by Crippen LogP contribution is -2.34. The average molecular weight is 338 g/mol. The van der Waals surface area contributed by atoms with Gasteiger partial charge in [0.05, 0.1) is 5.69 Å². The summed E-state index contributed by atoms with van der Waals surface area (Å²) in [5, 5.41) is 3.87.